The average molecular weight is 732 g/mol. The van der Waals surface area contributed by atoms with Crippen molar-refractivity contribution in [2.45, 2.75) is 229 Å². The van der Waals surface area contributed by atoms with Gasteiger partial charge in [-0.1, -0.05) is 140 Å². The first-order valence-electron chi connectivity index (χ1n) is 22.2. The molecule has 0 aliphatic heterocycles. The minimum Gasteiger partial charge on any atom is -0.356 e. The topological polar surface area (TPSA) is 26.8 Å². The molecule has 7 rings (SSSR count). The summed E-state index contributed by atoms with van der Waals surface area (Å²) in [5.41, 5.74) is 3.02. The molecule has 0 heterocycles. The molecule has 0 unspecified atom stereocenters. The third-order valence-electron chi connectivity index (χ3n) is 14.2. The number of amides is 1. The number of rotatable bonds is 9. The van der Waals surface area contributed by atoms with Crippen LogP contribution in [-0.2, 0) is 0 Å². The van der Waals surface area contributed by atoms with Crippen molar-refractivity contribution in [3.8, 4) is 0 Å². The minimum atomic E-state index is 0.256. The van der Waals surface area contributed by atoms with Crippen molar-refractivity contribution in [3.63, 3.8) is 0 Å². The quantitative estimate of drug-likeness (QED) is 0.236. The van der Waals surface area contributed by atoms with Crippen LogP contribution in [0.2, 0.25) is 0 Å². The smallest absolute Gasteiger partial charge is 0.254 e. The Bertz CT molecular complexity index is 1070. The van der Waals surface area contributed by atoms with Gasteiger partial charge in [0.2, 0.25) is 0 Å². The number of hydrogen-bond acceptors (Lipinski definition) is 3. The van der Waals surface area contributed by atoms with Crippen LogP contribution >= 0.6 is 24.4 Å². The molecule has 0 saturated heterocycles. The summed E-state index contributed by atoms with van der Waals surface area (Å²) in [5, 5.41) is 0. The molecular formula is C45H69N3OS2. The predicted octanol–water partition coefficient (Wildman–Crippen LogP) is 12.1. The van der Waals surface area contributed by atoms with Crippen molar-refractivity contribution in [1.82, 2.24) is 14.7 Å². The van der Waals surface area contributed by atoms with Crippen LogP contribution in [0.25, 0.3) is 0 Å². The van der Waals surface area contributed by atoms with Gasteiger partial charge in [0.25, 0.3) is 5.91 Å². The van der Waals surface area contributed by atoms with E-state index in [1.54, 1.807) is 0 Å². The molecule has 6 aliphatic rings. The minimum absolute atomic E-state index is 0.256. The maximum atomic E-state index is 15.3. The Labute approximate surface area is 322 Å². The molecule has 0 atom stereocenters. The summed E-state index contributed by atoms with van der Waals surface area (Å²) in [6, 6.07) is 9.63. The Hall–Kier alpha value is -1.53. The predicted molar refractivity (Wildman–Crippen MR) is 221 cm³/mol. The van der Waals surface area contributed by atoms with Crippen molar-refractivity contribution < 1.29 is 4.79 Å². The van der Waals surface area contributed by atoms with Crippen molar-refractivity contribution in [3.05, 3.63) is 34.9 Å². The van der Waals surface area contributed by atoms with Gasteiger partial charge in [-0.25, -0.2) is 0 Å². The molecule has 4 nitrogen and oxygen atoms in total. The summed E-state index contributed by atoms with van der Waals surface area (Å²) in [5.74, 6) is 0.256. The fraction of sp³-hybridized carbons (Fsp3) is 0.800. The van der Waals surface area contributed by atoms with Crippen LogP contribution in [0.4, 0.5) is 0 Å². The summed E-state index contributed by atoms with van der Waals surface area (Å²) in [6.07, 6.45) is 38.0. The highest BCUT2D eigenvalue weighted by molar-refractivity contribution is 7.81. The summed E-state index contributed by atoms with van der Waals surface area (Å²) >= 11 is 13.3. The van der Waals surface area contributed by atoms with Gasteiger partial charge in [-0.05, 0) is 95.2 Å². The average Bonchev–Trinajstić information content (AvgIpc) is 3.20. The van der Waals surface area contributed by atoms with Gasteiger partial charge in [0.15, 0.2) is 0 Å². The van der Waals surface area contributed by atoms with E-state index in [2.05, 4.69) is 32.9 Å². The van der Waals surface area contributed by atoms with Crippen molar-refractivity contribution in [1.29, 1.82) is 0 Å². The third-order valence-corrected chi connectivity index (χ3v) is 15.1. The molecule has 6 heteroatoms. The lowest BCUT2D eigenvalue weighted by Crippen LogP contribution is -2.50. The standard InChI is InChI=1S/C45H69N3OS2/c49-43(46(37-19-7-1-8-20-37)38-21-9-2-10-22-38)34-31-35(44(50)47(39-23-11-3-12-24-39)40-25-13-4-14-26-40)33-36(32-34)45(51)48(41-27-15-5-16-28-41)42-29-17-6-18-30-42/h31-33,37-42H,1-30H2. The van der Waals surface area contributed by atoms with Crippen LogP contribution in [-0.4, -0.2) is 66.8 Å². The molecular weight excluding hydrogens is 663 g/mol. The molecule has 1 aromatic carbocycles. The lowest BCUT2D eigenvalue weighted by Gasteiger charge is -2.44. The van der Waals surface area contributed by atoms with E-state index in [0.717, 1.165) is 52.4 Å². The van der Waals surface area contributed by atoms with Crippen LogP contribution in [0.15, 0.2) is 18.2 Å². The van der Waals surface area contributed by atoms with E-state index in [9.17, 15) is 0 Å². The molecule has 1 aromatic rings. The molecule has 6 fully saturated rings. The van der Waals surface area contributed by atoms with Gasteiger partial charge in [0, 0.05) is 52.9 Å². The lowest BCUT2D eigenvalue weighted by atomic mass is 9.87. The molecule has 0 bridgehead atoms. The van der Waals surface area contributed by atoms with E-state index in [1.165, 1.54) is 167 Å². The van der Waals surface area contributed by atoms with Crippen LogP contribution < -0.4 is 0 Å². The van der Waals surface area contributed by atoms with E-state index in [-0.39, 0.29) is 5.91 Å². The normalized spacial score (nSPS) is 24.2. The fourth-order valence-electron chi connectivity index (χ4n) is 11.5. The number of hydrogen-bond donors (Lipinski definition) is 0. The Balaban J connectivity index is 1.29. The summed E-state index contributed by atoms with van der Waals surface area (Å²) in [7, 11) is 0. The number of thiocarbonyl (C=S) groups is 2. The zero-order chi connectivity index (χ0) is 35.0. The lowest BCUT2D eigenvalue weighted by molar-refractivity contribution is 0.0448. The van der Waals surface area contributed by atoms with Gasteiger partial charge >= 0.3 is 0 Å². The molecule has 51 heavy (non-hydrogen) atoms. The Kier molecular flexibility index (Phi) is 13.8. The molecule has 0 aromatic heterocycles. The van der Waals surface area contributed by atoms with Gasteiger partial charge < -0.3 is 14.7 Å². The largest absolute Gasteiger partial charge is 0.356 e. The van der Waals surface area contributed by atoms with E-state index < -0.39 is 0 Å². The second-order valence-corrected chi connectivity index (χ2v) is 18.5. The third kappa shape index (κ3) is 9.23. The highest BCUT2D eigenvalue weighted by Crippen LogP contribution is 2.37. The van der Waals surface area contributed by atoms with Crippen LogP contribution in [0.1, 0.15) is 214 Å². The van der Waals surface area contributed by atoms with Crippen LogP contribution in [0.3, 0.4) is 0 Å². The molecule has 0 radical (unpaired) electrons. The molecule has 6 saturated carbocycles. The first kappa shape index (κ1) is 37.8. The highest BCUT2D eigenvalue weighted by Gasteiger charge is 2.37. The van der Waals surface area contributed by atoms with E-state index >= 15 is 4.79 Å². The number of carbonyl (C=O) groups is 1. The van der Waals surface area contributed by atoms with Gasteiger partial charge in [-0.15, -0.1) is 0 Å². The molecule has 6 aliphatic carbocycles. The van der Waals surface area contributed by atoms with Crippen LogP contribution in [0, 0.1) is 0 Å². The number of benzene rings is 1. The Morgan fingerprint density at radius 3 is 0.824 bits per heavy atom. The second kappa shape index (κ2) is 18.7. The first-order chi connectivity index (χ1) is 25.1. The summed E-state index contributed by atoms with van der Waals surface area (Å²) < 4.78 is 0. The van der Waals surface area contributed by atoms with Crippen molar-refractivity contribution in [2.24, 2.45) is 0 Å². The first-order valence-corrected chi connectivity index (χ1v) is 23.0. The number of carbonyl (C=O) groups excluding carboxylic acids is 1. The molecule has 0 spiro atoms. The molecule has 1 amide bonds. The van der Waals surface area contributed by atoms with E-state index in [0.29, 0.717) is 36.3 Å². The zero-order valence-corrected chi connectivity index (χ0v) is 33.6. The van der Waals surface area contributed by atoms with E-state index in [1.807, 2.05) is 0 Å². The van der Waals surface area contributed by atoms with Crippen LogP contribution in [0.5, 0.6) is 0 Å². The van der Waals surface area contributed by atoms with Gasteiger partial charge in [-0.3, -0.25) is 4.79 Å². The van der Waals surface area contributed by atoms with Crippen molar-refractivity contribution >= 4 is 40.3 Å². The SMILES string of the molecule is O=C(c1cc(C(=S)N(C2CCCCC2)C2CCCCC2)cc(C(=S)N(C2CCCCC2)C2CCCCC2)c1)N(C1CCCCC1)C1CCCCC1. The summed E-state index contributed by atoms with van der Waals surface area (Å²) in [4.78, 5) is 25.1. The highest BCUT2D eigenvalue weighted by atomic mass is 32.1. The van der Waals surface area contributed by atoms with Crippen molar-refractivity contribution in [2.75, 3.05) is 0 Å². The zero-order valence-electron chi connectivity index (χ0n) is 32.0. The molecule has 282 valence electrons. The number of nitrogens with zero attached hydrogens (tertiary/aromatic N) is 3. The Morgan fingerprint density at radius 1 is 0.353 bits per heavy atom. The van der Waals surface area contributed by atoms with Gasteiger partial charge in [0.05, 0.1) is 0 Å². The monoisotopic (exact) mass is 731 g/mol. The maximum Gasteiger partial charge on any atom is 0.254 e. The second-order valence-electron chi connectivity index (χ2n) is 17.7. The van der Waals surface area contributed by atoms with E-state index in [4.69, 9.17) is 24.4 Å². The van der Waals surface area contributed by atoms with Gasteiger partial charge in [0.1, 0.15) is 9.98 Å². The molecule has 0 N–H and O–H groups in total. The Morgan fingerprint density at radius 2 is 0.569 bits per heavy atom. The maximum absolute atomic E-state index is 15.3. The summed E-state index contributed by atoms with van der Waals surface area (Å²) in [6.45, 7) is 0. The fourth-order valence-corrected chi connectivity index (χ4v) is 12.3. The van der Waals surface area contributed by atoms with Gasteiger partial charge in [-0.2, -0.15) is 0 Å².